The quantitative estimate of drug-likeness (QED) is 0.756. The maximum atomic E-state index is 12.6. The van der Waals surface area contributed by atoms with E-state index < -0.39 is 0 Å². The van der Waals surface area contributed by atoms with Crippen molar-refractivity contribution in [3.63, 3.8) is 0 Å². The average Bonchev–Trinajstić information content (AvgIpc) is 3.11. The van der Waals surface area contributed by atoms with E-state index in [1.807, 2.05) is 26.0 Å². The van der Waals surface area contributed by atoms with Crippen LogP contribution in [0.1, 0.15) is 59.1 Å². The van der Waals surface area contributed by atoms with Gasteiger partial charge in [-0.2, -0.15) is 0 Å². The van der Waals surface area contributed by atoms with E-state index in [-0.39, 0.29) is 17.9 Å². The molecule has 1 aromatic carbocycles. The molecule has 0 radical (unpaired) electrons. The number of aromatic nitrogens is 1. The zero-order valence-corrected chi connectivity index (χ0v) is 18.4. The van der Waals surface area contributed by atoms with Crippen LogP contribution in [0.25, 0.3) is 0 Å². The molecule has 6 nitrogen and oxygen atoms in total. The first-order chi connectivity index (χ1) is 13.8. The smallest absolute Gasteiger partial charge is 0.263 e. The number of amides is 2. The minimum absolute atomic E-state index is 0.0176. The number of rotatable bonds is 6. The molecule has 29 heavy (non-hydrogen) atoms. The maximum absolute atomic E-state index is 12.6. The zero-order valence-electron chi connectivity index (χ0n) is 17.6. The lowest BCUT2D eigenvalue weighted by molar-refractivity contribution is -0.117. The molecule has 0 aliphatic carbocycles. The molecule has 1 aliphatic heterocycles. The van der Waals surface area contributed by atoms with Gasteiger partial charge in [0.25, 0.3) is 5.91 Å². The number of hydrogen-bond acceptors (Lipinski definition) is 5. The van der Waals surface area contributed by atoms with Crippen molar-refractivity contribution >= 4 is 28.8 Å². The predicted molar refractivity (Wildman–Crippen MR) is 118 cm³/mol. The summed E-state index contributed by atoms with van der Waals surface area (Å²) in [5.41, 5.74) is 5.67. The molecule has 156 valence electrons. The first-order valence-corrected chi connectivity index (χ1v) is 11.1. The van der Waals surface area contributed by atoms with Gasteiger partial charge in [-0.25, -0.2) is 4.98 Å². The molecule has 7 heteroatoms. The molecule has 3 rings (SSSR count). The highest BCUT2D eigenvalue weighted by atomic mass is 32.1. The minimum atomic E-state index is -0.0399. The van der Waals surface area contributed by atoms with E-state index in [0.29, 0.717) is 17.3 Å². The van der Waals surface area contributed by atoms with Crippen LogP contribution in [0.2, 0.25) is 0 Å². The van der Waals surface area contributed by atoms with E-state index in [2.05, 4.69) is 40.4 Å². The fourth-order valence-electron chi connectivity index (χ4n) is 3.73. The van der Waals surface area contributed by atoms with Gasteiger partial charge in [0.1, 0.15) is 4.88 Å². The van der Waals surface area contributed by atoms with Crippen LogP contribution < -0.4 is 10.6 Å². The summed E-state index contributed by atoms with van der Waals surface area (Å²) in [6, 6.07) is 6.28. The zero-order chi connectivity index (χ0) is 21.0. The highest BCUT2D eigenvalue weighted by Crippen LogP contribution is 2.27. The van der Waals surface area contributed by atoms with Crippen LogP contribution in [0.4, 0.5) is 5.69 Å². The van der Waals surface area contributed by atoms with E-state index in [4.69, 9.17) is 0 Å². The summed E-state index contributed by atoms with van der Waals surface area (Å²) in [7, 11) is 0. The van der Waals surface area contributed by atoms with Crippen molar-refractivity contribution in [2.24, 2.45) is 0 Å². The number of piperidine rings is 1. The Labute approximate surface area is 176 Å². The molecule has 0 atom stereocenters. The van der Waals surface area contributed by atoms with Gasteiger partial charge < -0.3 is 10.6 Å². The van der Waals surface area contributed by atoms with E-state index in [9.17, 15) is 9.59 Å². The van der Waals surface area contributed by atoms with Crippen LogP contribution >= 0.6 is 11.3 Å². The van der Waals surface area contributed by atoms with Crippen molar-refractivity contribution < 1.29 is 9.59 Å². The third-order valence-electron chi connectivity index (χ3n) is 5.43. The number of anilines is 1. The van der Waals surface area contributed by atoms with Gasteiger partial charge in [-0.3, -0.25) is 14.5 Å². The third-order valence-corrected chi connectivity index (χ3v) is 6.36. The monoisotopic (exact) mass is 414 g/mol. The van der Waals surface area contributed by atoms with Crippen molar-refractivity contribution in [1.29, 1.82) is 0 Å². The molecule has 2 aromatic rings. The average molecular weight is 415 g/mol. The molecule has 0 spiro atoms. The molecule has 1 saturated heterocycles. The van der Waals surface area contributed by atoms with E-state index in [1.54, 1.807) is 5.51 Å². The fourth-order valence-corrected chi connectivity index (χ4v) is 4.44. The Morgan fingerprint density at radius 1 is 1.24 bits per heavy atom. The van der Waals surface area contributed by atoms with Gasteiger partial charge in [0.15, 0.2) is 0 Å². The molecule has 2 N–H and O–H groups in total. The lowest BCUT2D eigenvalue weighted by atomic mass is 9.98. The van der Waals surface area contributed by atoms with Gasteiger partial charge in [0, 0.05) is 24.8 Å². The molecular weight excluding hydrogens is 384 g/mol. The number of aryl methyl sites for hydroxylation is 2. The number of carbonyl (C=O) groups excluding carboxylic acids is 2. The van der Waals surface area contributed by atoms with E-state index in [1.165, 1.54) is 11.3 Å². The maximum Gasteiger partial charge on any atom is 0.263 e. The minimum Gasteiger partial charge on any atom is -0.348 e. The Hall–Kier alpha value is -2.25. The standard InChI is InChI=1S/C22H30N4O2S/c1-14(2)18-7-5-6-15(3)20(18)25-19(27)12-26-10-8-17(9-11-26)24-22(28)21-16(4)23-13-29-21/h5-7,13-14,17H,8-12H2,1-4H3,(H,24,28)(H,25,27). The fraction of sp³-hybridized carbons (Fsp3) is 0.500. The first-order valence-electron chi connectivity index (χ1n) is 10.2. The summed E-state index contributed by atoms with van der Waals surface area (Å²) in [5, 5.41) is 6.23. The number of para-hydroxylation sites is 1. The normalized spacial score (nSPS) is 15.5. The Balaban J connectivity index is 1.49. The highest BCUT2D eigenvalue weighted by molar-refractivity contribution is 7.11. The van der Waals surface area contributed by atoms with Crippen LogP contribution in [0.15, 0.2) is 23.7 Å². The van der Waals surface area contributed by atoms with Crippen LogP contribution in [0.3, 0.4) is 0 Å². The molecule has 1 aromatic heterocycles. The number of nitrogens with zero attached hydrogens (tertiary/aromatic N) is 2. The van der Waals surface area contributed by atoms with Crippen LogP contribution in [-0.2, 0) is 4.79 Å². The van der Waals surface area contributed by atoms with Crippen molar-refractivity contribution in [2.45, 2.75) is 52.5 Å². The molecule has 1 fully saturated rings. The second-order valence-electron chi connectivity index (χ2n) is 8.03. The van der Waals surface area contributed by atoms with Gasteiger partial charge in [0.2, 0.25) is 5.91 Å². The second kappa shape index (κ2) is 9.50. The van der Waals surface area contributed by atoms with Crippen LogP contribution in [0, 0.1) is 13.8 Å². The Kier molecular flexibility index (Phi) is 7.03. The number of benzene rings is 1. The SMILES string of the molecule is Cc1cccc(C(C)C)c1NC(=O)CN1CCC(NC(=O)c2scnc2C)CC1. The third kappa shape index (κ3) is 5.42. The molecule has 0 bridgehead atoms. The van der Waals surface area contributed by atoms with Crippen molar-refractivity contribution in [2.75, 3.05) is 25.0 Å². The second-order valence-corrected chi connectivity index (χ2v) is 8.89. The first kappa shape index (κ1) is 21.5. The van der Waals surface area contributed by atoms with Crippen LogP contribution in [0.5, 0.6) is 0 Å². The lowest BCUT2D eigenvalue weighted by Gasteiger charge is -2.32. The van der Waals surface area contributed by atoms with Gasteiger partial charge in [-0.1, -0.05) is 32.0 Å². The van der Waals surface area contributed by atoms with E-state index in [0.717, 1.165) is 48.4 Å². The Morgan fingerprint density at radius 2 is 1.97 bits per heavy atom. The summed E-state index contributed by atoms with van der Waals surface area (Å²) < 4.78 is 0. The Morgan fingerprint density at radius 3 is 2.59 bits per heavy atom. The molecule has 2 heterocycles. The predicted octanol–water partition coefficient (Wildman–Crippen LogP) is 3.72. The summed E-state index contributed by atoms with van der Waals surface area (Å²) in [5.74, 6) is 0.331. The summed E-state index contributed by atoms with van der Waals surface area (Å²) in [4.78, 5) is 32.0. The summed E-state index contributed by atoms with van der Waals surface area (Å²) >= 11 is 1.37. The lowest BCUT2D eigenvalue weighted by Crippen LogP contribution is -2.46. The summed E-state index contributed by atoms with van der Waals surface area (Å²) in [6.45, 7) is 10.1. The van der Waals surface area contributed by atoms with Gasteiger partial charge >= 0.3 is 0 Å². The highest BCUT2D eigenvalue weighted by Gasteiger charge is 2.24. The van der Waals surface area contributed by atoms with Gasteiger partial charge in [-0.05, 0) is 43.7 Å². The van der Waals surface area contributed by atoms with Gasteiger partial charge in [0.05, 0.1) is 17.7 Å². The Bertz CT molecular complexity index is 869. The van der Waals surface area contributed by atoms with Gasteiger partial charge in [-0.15, -0.1) is 11.3 Å². The molecule has 1 aliphatic rings. The molecular formula is C22H30N4O2S. The summed E-state index contributed by atoms with van der Waals surface area (Å²) in [6.07, 6.45) is 1.69. The number of hydrogen-bond donors (Lipinski definition) is 2. The number of carbonyl (C=O) groups is 2. The number of nitrogens with one attached hydrogen (secondary N) is 2. The number of thiazole rings is 1. The van der Waals surface area contributed by atoms with Crippen LogP contribution in [-0.4, -0.2) is 47.4 Å². The molecule has 0 unspecified atom stereocenters. The van der Waals surface area contributed by atoms with E-state index >= 15 is 0 Å². The number of likely N-dealkylation sites (tertiary alicyclic amines) is 1. The van der Waals surface area contributed by atoms with Crippen molar-refractivity contribution in [3.05, 3.63) is 45.4 Å². The largest absolute Gasteiger partial charge is 0.348 e. The molecule has 0 saturated carbocycles. The molecule has 2 amide bonds. The topological polar surface area (TPSA) is 74.3 Å². The van der Waals surface area contributed by atoms with Crippen molar-refractivity contribution in [3.8, 4) is 0 Å². The van der Waals surface area contributed by atoms with Crippen molar-refractivity contribution in [1.82, 2.24) is 15.2 Å².